The van der Waals surface area contributed by atoms with Crippen molar-refractivity contribution in [2.45, 2.75) is 31.7 Å². The predicted molar refractivity (Wildman–Crippen MR) is 48.1 cm³/mol. The van der Waals surface area contributed by atoms with Crippen LogP contribution >= 0.6 is 0 Å². The molecule has 1 atom stereocenters. The Bertz CT molecular complexity index is 260. The first-order valence-electron chi connectivity index (χ1n) is 4.72. The van der Waals surface area contributed by atoms with Crippen LogP contribution in [0, 0.1) is 0 Å². The smallest absolute Gasteiger partial charge is 0.327 e. The summed E-state index contributed by atoms with van der Waals surface area (Å²) in [6.45, 7) is 0.508. The molecule has 1 unspecified atom stereocenters. The minimum absolute atomic E-state index is 0.447. The van der Waals surface area contributed by atoms with Gasteiger partial charge in [-0.1, -0.05) is 0 Å². The van der Waals surface area contributed by atoms with Crippen molar-refractivity contribution in [1.29, 1.82) is 0 Å². The summed E-state index contributed by atoms with van der Waals surface area (Å²) in [6.07, 6.45) is 4.44. The van der Waals surface area contributed by atoms with Crippen LogP contribution in [0.3, 0.4) is 0 Å². The lowest BCUT2D eigenvalue weighted by molar-refractivity contribution is -0.139. The van der Waals surface area contributed by atoms with Crippen LogP contribution in [0.1, 0.15) is 25.7 Å². The Hall–Kier alpha value is -1.19. The number of aliphatic carboxylic acids is 1. The minimum Gasteiger partial charge on any atom is -0.480 e. The summed E-state index contributed by atoms with van der Waals surface area (Å²) < 4.78 is 0. The van der Waals surface area contributed by atoms with Crippen molar-refractivity contribution < 1.29 is 9.90 Å². The monoisotopic (exact) mass is 182 g/mol. The topological polar surface area (TPSA) is 61.4 Å². The molecule has 0 saturated carbocycles. The van der Waals surface area contributed by atoms with E-state index >= 15 is 0 Å². The Morgan fingerprint density at radius 2 is 2.00 bits per heavy atom. The van der Waals surface area contributed by atoms with Crippen LogP contribution in [0.25, 0.3) is 0 Å². The molecule has 4 nitrogen and oxygen atoms in total. The number of allylic oxidation sites excluding steroid dienone is 2. The Kier molecular flexibility index (Phi) is 2.12. The molecule has 0 radical (unpaired) electrons. The SMILES string of the molecule is O=C(O)C1CNC2=C(CCCC2)N1. The molecule has 2 aliphatic rings. The molecule has 4 heteroatoms. The van der Waals surface area contributed by atoms with Crippen molar-refractivity contribution in [1.82, 2.24) is 10.6 Å². The fraction of sp³-hybridized carbons (Fsp3) is 0.667. The molecule has 0 aromatic carbocycles. The molecule has 13 heavy (non-hydrogen) atoms. The van der Waals surface area contributed by atoms with Gasteiger partial charge in [0.15, 0.2) is 0 Å². The Labute approximate surface area is 77.0 Å². The highest BCUT2D eigenvalue weighted by Crippen LogP contribution is 2.23. The van der Waals surface area contributed by atoms with Crippen molar-refractivity contribution in [2.24, 2.45) is 0 Å². The lowest BCUT2D eigenvalue weighted by atomic mass is 9.98. The second kappa shape index (κ2) is 3.28. The largest absolute Gasteiger partial charge is 0.480 e. The van der Waals surface area contributed by atoms with E-state index in [0.29, 0.717) is 6.54 Å². The van der Waals surface area contributed by atoms with Crippen molar-refractivity contribution in [3.63, 3.8) is 0 Å². The maximum atomic E-state index is 10.7. The molecule has 0 amide bonds. The second-order valence-corrected chi connectivity index (χ2v) is 3.58. The molecule has 0 bridgehead atoms. The maximum absolute atomic E-state index is 10.7. The van der Waals surface area contributed by atoms with Gasteiger partial charge in [0.2, 0.25) is 0 Å². The Balaban J connectivity index is 2.09. The number of carboxylic acids is 1. The number of rotatable bonds is 1. The molecular weight excluding hydrogens is 168 g/mol. The first-order valence-corrected chi connectivity index (χ1v) is 4.72. The summed E-state index contributed by atoms with van der Waals surface area (Å²) in [5, 5.41) is 15.1. The molecule has 1 heterocycles. The van der Waals surface area contributed by atoms with Gasteiger partial charge in [0.05, 0.1) is 0 Å². The normalized spacial score (nSPS) is 27.2. The average molecular weight is 182 g/mol. The van der Waals surface area contributed by atoms with Crippen molar-refractivity contribution >= 4 is 5.97 Å². The first kappa shape index (κ1) is 8.41. The van der Waals surface area contributed by atoms with Crippen LogP contribution in [-0.4, -0.2) is 23.7 Å². The van der Waals surface area contributed by atoms with Gasteiger partial charge in [-0.05, 0) is 25.7 Å². The summed E-state index contributed by atoms with van der Waals surface area (Å²) in [6, 6.07) is -0.447. The average Bonchev–Trinajstić information content (AvgIpc) is 2.17. The van der Waals surface area contributed by atoms with E-state index in [1.807, 2.05) is 0 Å². The van der Waals surface area contributed by atoms with E-state index in [9.17, 15) is 4.79 Å². The Morgan fingerprint density at radius 3 is 2.69 bits per heavy atom. The highest BCUT2D eigenvalue weighted by Gasteiger charge is 2.25. The van der Waals surface area contributed by atoms with E-state index in [1.54, 1.807) is 0 Å². The van der Waals surface area contributed by atoms with Crippen LogP contribution in [0.4, 0.5) is 0 Å². The molecular formula is C9H14N2O2. The lowest BCUT2D eigenvalue weighted by Crippen LogP contribution is -2.49. The summed E-state index contributed by atoms with van der Waals surface area (Å²) >= 11 is 0. The standard InChI is InChI=1S/C9H14N2O2/c12-9(13)8-5-10-6-3-1-2-4-7(6)11-8/h8,10-11H,1-5H2,(H,12,13). The van der Waals surface area contributed by atoms with Crippen LogP contribution in [0.2, 0.25) is 0 Å². The van der Waals surface area contributed by atoms with Crippen LogP contribution in [0.5, 0.6) is 0 Å². The van der Waals surface area contributed by atoms with Crippen LogP contribution in [-0.2, 0) is 4.79 Å². The van der Waals surface area contributed by atoms with Gasteiger partial charge < -0.3 is 15.7 Å². The number of nitrogens with one attached hydrogen (secondary N) is 2. The van der Waals surface area contributed by atoms with Crippen molar-refractivity contribution in [2.75, 3.05) is 6.54 Å². The van der Waals surface area contributed by atoms with Crippen LogP contribution in [0.15, 0.2) is 11.4 Å². The summed E-state index contributed by atoms with van der Waals surface area (Å²) in [7, 11) is 0. The van der Waals surface area contributed by atoms with E-state index in [1.165, 1.54) is 18.5 Å². The number of hydrogen-bond donors (Lipinski definition) is 3. The molecule has 0 saturated heterocycles. The summed E-state index contributed by atoms with van der Waals surface area (Å²) in [4.78, 5) is 10.7. The molecule has 72 valence electrons. The fourth-order valence-corrected chi connectivity index (χ4v) is 1.90. The van der Waals surface area contributed by atoms with Gasteiger partial charge in [0.1, 0.15) is 6.04 Å². The van der Waals surface area contributed by atoms with Gasteiger partial charge in [0, 0.05) is 17.9 Å². The molecule has 1 aliphatic heterocycles. The third-order valence-corrected chi connectivity index (χ3v) is 2.63. The van der Waals surface area contributed by atoms with Gasteiger partial charge >= 0.3 is 5.97 Å². The fourth-order valence-electron chi connectivity index (χ4n) is 1.90. The van der Waals surface area contributed by atoms with Gasteiger partial charge in [-0.25, -0.2) is 4.79 Å². The second-order valence-electron chi connectivity index (χ2n) is 3.58. The lowest BCUT2D eigenvalue weighted by Gasteiger charge is -2.31. The van der Waals surface area contributed by atoms with E-state index in [2.05, 4.69) is 10.6 Å². The molecule has 0 aromatic rings. The third kappa shape index (κ3) is 1.61. The van der Waals surface area contributed by atoms with Gasteiger partial charge in [-0.2, -0.15) is 0 Å². The number of carbonyl (C=O) groups is 1. The van der Waals surface area contributed by atoms with Gasteiger partial charge in [0.25, 0.3) is 0 Å². The molecule has 3 N–H and O–H groups in total. The van der Waals surface area contributed by atoms with E-state index in [-0.39, 0.29) is 0 Å². The summed E-state index contributed by atoms with van der Waals surface area (Å²) in [5.41, 5.74) is 2.34. The maximum Gasteiger partial charge on any atom is 0.327 e. The van der Waals surface area contributed by atoms with Crippen molar-refractivity contribution in [3.8, 4) is 0 Å². The van der Waals surface area contributed by atoms with Crippen LogP contribution < -0.4 is 10.6 Å². The first-order chi connectivity index (χ1) is 6.27. The zero-order valence-electron chi connectivity index (χ0n) is 7.47. The highest BCUT2D eigenvalue weighted by atomic mass is 16.4. The van der Waals surface area contributed by atoms with E-state index in [0.717, 1.165) is 18.5 Å². The molecule has 1 aliphatic carbocycles. The van der Waals surface area contributed by atoms with Crippen molar-refractivity contribution in [3.05, 3.63) is 11.4 Å². The van der Waals surface area contributed by atoms with E-state index < -0.39 is 12.0 Å². The van der Waals surface area contributed by atoms with Gasteiger partial charge in [-0.3, -0.25) is 0 Å². The predicted octanol–water partition coefficient (Wildman–Crippen LogP) is 0.418. The molecule has 2 rings (SSSR count). The molecule has 0 spiro atoms. The highest BCUT2D eigenvalue weighted by molar-refractivity contribution is 5.74. The minimum atomic E-state index is -0.773. The zero-order chi connectivity index (χ0) is 9.26. The Morgan fingerprint density at radius 1 is 1.31 bits per heavy atom. The molecule has 0 aromatic heterocycles. The van der Waals surface area contributed by atoms with Gasteiger partial charge in [-0.15, -0.1) is 0 Å². The molecule has 0 fully saturated rings. The number of carboxylic acid groups (broad SMARTS) is 1. The third-order valence-electron chi connectivity index (χ3n) is 2.63. The zero-order valence-corrected chi connectivity index (χ0v) is 7.47. The quantitative estimate of drug-likeness (QED) is 0.550. The number of hydrogen-bond acceptors (Lipinski definition) is 3. The van der Waals surface area contributed by atoms with E-state index in [4.69, 9.17) is 5.11 Å². The summed E-state index contributed by atoms with van der Waals surface area (Å²) in [5.74, 6) is -0.773.